The van der Waals surface area contributed by atoms with Crippen LogP contribution in [0.3, 0.4) is 0 Å². The van der Waals surface area contributed by atoms with Crippen molar-refractivity contribution in [3.8, 4) is 0 Å². The second-order valence-corrected chi connectivity index (χ2v) is 6.03. The van der Waals surface area contributed by atoms with Gasteiger partial charge in [-0.25, -0.2) is 4.79 Å². The maximum Gasteiger partial charge on any atom is 0.410 e. The average Bonchev–Trinajstić information content (AvgIpc) is 3.02. The van der Waals surface area contributed by atoms with Crippen LogP contribution in [0.25, 0.3) is 0 Å². The van der Waals surface area contributed by atoms with E-state index < -0.39 is 5.60 Å². The van der Waals surface area contributed by atoms with Crippen LogP contribution in [0.5, 0.6) is 0 Å². The number of amides is 1. The van der Waals surface area contributed by atoms with Crippen molar-refractivity contribution in [2.75, 3.05) is 19.7 Å². The topological polar surface area (TPSA) is 42.1 Å². The molecule has 2 aliphatic heterocycles. The molecule has 2 aliphatic rings. The molecule has 4 nitrogen and oxygen atoms in total. The molecule has 1 amide bonds. The highest BCUT2D eigenvalue weighted by Crippen LogP contribution is 2.29. The Labute approximate surface area is 103 Å². The Morgan fingerprint density at radius 1 is 1.29 bits per heavy atom. The molecule has 2 heterocycles. The third-order valence-electron chi connectivity index (χ3n) is 3.31. The van der Waals surface area contributed by atoms with Gasteiger partial charge in [0.1, 0.15) is 5.60 Å². The van der Waals surface area contributed by atoms with Crippen LogP contribution in [-0.4, -0.2) is 42.4 Å². The number of nitrogens with zero attached hydrogens (tertiary/aromatic N) is 1. The van der Waals surface area contributed by atoms with Crippen LogP contribution in [0.1, 0.15) is 40.0 Å². The molecule has 0 aromatic rings. The van der Waals surface area contributed by atoms with Crippen LogP contribution in [0.4, 0.5) is 4.79 Å². The lowest BCUT2D eigenvalue weighted by atomic mass is 9.98. The van der Waals surface area contributed by atoms with E-state index in [2.05, 4.69) is 0 Å². The molecular weight excluding hydrogens is 218 g/mol. The summed E-state index contributed by atoms with van der Waals surface area (Å²) < 4.78 is 10.7. The third-order valence-corrected chi connectivity index (χ3v) is 3.31. The summed E-state index contributed by atoms with van der Waals surface area (Å²) in [5.41, 5.74) is -0.400. The Balaban J connectivity index is 1.83. The summed E-state index contributed by atoms with van der Waals surface area (Å²) in [6, 6.07) is 0. The molecule has 2 saturated heterocycles. The van der Waals surface area contributed by atoms with Gasteiger partial charge in [0, 0.05) is 13.1 Å². The Bertz CT molecular complexity index is 281. The van der Waals surface area contributed by atoms with Crippen molar-refractivity contribution in [1.82, 2.24) is 4.90 Å². The van der Waals surface area contributed by atoms with Gasteiger partial charge >= 0.3 is 6.09 Å². The van der Waals surface area contributed by atoms with Crippen molar-refractivity contribution in [3.63, 3.8) is 0 Å². The van der Waals surface area contributed by atoms with E-state index in [0.717, 1.165) is 32.5 Å². The minimum absolute atomic E-state index is 0.171. The van der Waals surface area contributed by atoms with Crippen molar-refractivity contribution in [1.29, 1.82) is 0 Å². The van der Waals surface area contributed by atoms with E-state index in [4.69, 9.17) is 9.47 Å². The van der Waals surface area contributed by atoms with Gasteiger partial charge in [0.2, 0.25) is 0 Å². The van der Waals surface area contributed by atoms with E-state index in [0.29, 0.717) is 12.0 Å². The molecule has 0 aromatic heterocycles. The summed E-state index contributed by atoms with van der Waals surface area (Å²) in [6.07, 6.45) is 3.57. The van der Waals surface area contributed by atoms with Crippen molar-refractivity contribution >= 4 is 6.09 Å². The predicted octanol–water partition coefficient (Wildman–Crippen LogP) is 2.42. The first-order chi connectivity index (χ1) is 7.96. The maximum absolute atomic E-state index is 11.9. The van der Waals surface area contributed by atoms with Gasteiger partial charge in [-0.2, -0.15) is 0 Å². The largest absolute Gasteiger partial charge is 0.444 e. The van der Waals surface area contributed by atoms with Crippen LogP contribution in [-0.2, 0) is 9.47 Å². The molecule has 2 fully saturated rings. The molecule has 0 radical (unpaired) electrons. The molecular formula is C13H23NO3. The monoisotopic (exact) mass is 241 g/mol. The third kappa shape index (κ3) is 3.87. The zero-order chi connectivity index (χ0) is 12.5. The Morgan fingerprint density at radius 3 is 2.59 bits per heavy atom. The number of carbonyl (C=O) groups is 1. The number of carbonyl (C=O) groups excluding carboxylic acids is 1. The van der Waals surface area contributed by atoms with E-state index in [9.17, 15) is 4.79 Å². The molecule has 0 saturated carbocycles. The van der Waals surface area contributed by atoms with Crippen LogP contribution in [0.15, 0.2) is 0 Å². The lowest BCUT2D eigenvalue weighted by molar-refractivity contribution is 0.0254. The van der Waals surface area contributed by atoms with E-state index in [1.807, 2.05) is 25.7 Å². The van der Waals surface area contributed by atoms with Gasteiger partial charge < -0.3 is 14.4 Å². The summed E-state index contributed by atoms with van der Waals surface area (Å²) in [5.74, 6) is 0.641. The number of likely N-dealkylation sites (tertiary alicyclic amines) is 1. The van der Waals surface area contributed by atoms with Gasteiger partial charge in [0.15, 0.2) is 0 Å². The van der Waals surface area contributed by atoms with Gasteiger partial charge in [-0.3, -0.25) is 0 Å². The molecule has 17 heavy (non-hydrogen) atoms. The lowest BCUT2D eigenvalue weighted by Gasteiger charge is -2.26. The van der Waals surface area contributed by atoms with Gasteiger partial charge in [0.05, 0.1) is 12.7 Å². The number of ether oxygens (including phenoxy) is 2. The highest BCUT2D eigenvalue weighted by atomic mass is 16.6. The van der Waals surface area contributed by atoms with E-state index in [-0.39, 0.29) is 6.09 Å². The molecule has 98 valence electrons. The molecule has 0 bridgehead atoms. The smallest absolute Gasteiger partial charge is 0.410 e. The maximum atomic E-state index is 11.9. The van der Waals surface area contributed by atoms with Gasteiger partial charge in [-0.15, -0.1) is 0 Å². The van der Waals surface area contributed by atoms with Gasteiger partial charge in [0.25, 0.3) is 0 Å². The standard InChI is InChI=1S/C13H23NO3/c1-13(2,3)17-12(15)14-7-4-5-10(6-8-14)11-9-16-11/h10-11H,4-9H2,1-3H3. The van der Waals surface area contributed by atoms with Crippen molar-refractivity contribution in [2.45, 2.75) is 51.7 Å². The number of rotatable bonds is 1. The van der Waals surface area contributed by atoms with Crippen molar-refractivity contribution in [3.05, 3.63) is 0 Å². The highest BCUT2D eigenvalue weighted by Gasteiger charge is 2.34. The molecule has 0 spiro atoms. The fourth-order valence-corrected chi connectivity index (χ4v) is 2.33. The Hall–Kier alpha value is -0.770. The minimum atomic E-state index is -0.400. The molecule has 2 unspecified atom stereocenters. The summed E-state index contributed by atoms with van der Waals surface area (Å²) in [6.45, 7) is 8.26. The highest BCUT2D eigenvalue weighted by molar-refractivity contribution is 5.68. The molecule has 2 rings (SSSR count). The first-order valence-electron chi connectivity index (χ1n) is 6.55. The number of hydrogen-bond acceptors (Lipinski definition) is 3. The van der Waals surface area contributed by atoms with Crippen LogP contribution < -0.4 is 0 Å². The van der Waals surface area contributed by atoms with Crippen LogP contribution in [0.2, 0.25) is 0 Å². The Morgan fingerprint density at radius 2 is 2.00 bits per heavy atom. The van der Waals surface area contributed by atoms with Crippen LogP contribution in [0, 0.1) is 5.92 Å². The fraction of sp³-hybridized carbons (Fsp3) is 0.923. The quantitative estimate of drug-likeness (QED) is 0.662. The molecule has 2 atom stereocenters. The van der Waals surface area contributed by atoms with E-state index >= 15 is 0 Å². The SMILES string of the molecule is CC(C)(C)OC(=O)N1CCCC(C2CO2)CC1. The fourth-order valence-electron chi connectivity index (χ4n) is 2.33. The van der Waals surface area contributed by atoms with Crippen molar-refractivity contribution < 1.29 is 14.3 Å². The first-order valence-corrected chi connectivity index (χ1v) is 6.55. The molecule has 0 N–H and O–H groups in total. The predicted molar refractivity (Wildman–Crippen MR) is 64.9 cm³/mol. The number of hydrogen-bond donors (Lipinski definition) is 0. The lowest BCUT2D eigenvalue weighted by Crippen LogP contribution is -2.37. The van der Waals surface area contributed by atoms with Gasteiger partial charge in [-0.1, -0.05) is 0 Å². The minimum Gasteiger partial charge on any atom is -0.444 e. The zero-order valence-electron chi connectivity index (χ0n) is 11.1. The molecule has 0 aliphatic carbocycles. The summed E-state index contributed by atoms with van der Waals surface area (Å²) in [5, 5.41) is 0. The second-order valence-electron chi connectivity index (χ2n) is 6.03. The zero-order valence-corrected chi connectivity index (χ0v) is 11.1. The summed E-state index contributed by atoms with van der Waals surface area (Å²) in [4.78, 5) is 13.8. The average molecular weight is 241 g/mol. The summed E-state index contributed by atoms with van der Waals surface area (Å²) in [7, 11) is 0. The van der Waals surface area contributed by atoms with Gasteiger partial charge in [-0.05, 0) is 46.0 Å². The molecule has 4 heteroatoms. The van der Waals surface area contributed by atoms with Crippen molar-refractivity contribution in [2.24, 2.45) is 5.92 Å². The number of epoxide rings is 1. The normalized spacial score (nSPS) is 29.7. The summed E-state index contributed by atoms with van der Waals surface area (Å²) >= 11 is 0. The Kier molecular flexibility index (Phi) is 3.61. The van der Waals surface area contributed by atoms with E-state index in [1.165, 1.54) is 6.42 Å². The second kappa shape index (κ2) is 4.84. The molecule has 0 aromatic carbocycles. The van der Waals surface area contributed by atoms with Crippen LogP contribution >= 0.6 is 0 Å². The van der Waals surface area contributed by atoms with E-state index in [1.54, 1.807) is 0 Å². The first kappa shape index (κ1) is 12.7.